The lowest BCUT2D eigenvalue weighted by atomic mass is 9.97. The number of hydrogen-bond acceptors (Lipinski definition) is 4. The smallest absolute Gasteiger partial charge is 0.109 e. The first kappa shape index (κ1) is 23.4. The third-order valence-electron chi connectivity index (χ3n) is 5.94. The Hall–Kier alpha value is -3.75. The molecule has 0 N–H and O–H groups in total. The summed E-state index contributed by atoms with van der Waals surface area (Å²) in [6.45, 7) is 9.37. The van der Waals surface area contributed by atoms with Gasteiger partial charge in [0.25, 0.3) is 0 Å². The summed E-state index contributed by atoms with van der Waals surface area (Å²) in [7, 11) is 0. The summed E-state index contributed by atoms with van der Waals surface area (Å²) >= 11 is 0. The van der Waals surface area contributed by atoms with Crippen LogP contribution in [0.15, 0.2) is 73.4 Å². The molecule has 2 heterocycles. The molecule has 0 saturated heterocycles. The van der Waals surface area contributed by atoms with Gasteiger partial charge in [0.2, 0.25) is 0 Å². The van der Waals surface area contributed by atoms with Crippen molar-refractivity contribution in [1.29, 1.82) is 5.26 Å². The zero-order valence-corrected chi connectivity index (χ0v) is 19.9. The number of rotatable bonds is 10. The molecule has 5 nitrogen and oxygen atoms in total. The first-order chi connectivity index (χ1) is 16.6. The van der Waals surface area contributed by atoms with Gasteiger partial charge in [0, 0.05) is 12.6 Å². The van der Waals surface area contributed by atoms with E-state index in [-0.39, 0.29) is 7.53 Å². The number of fused-ring (bicyclic) bond motifs is 1. The molecule has 0 aliphatic carbocycles. The molecule has 0 aliphatic rings. The Balaban J connectivity index is 0.00000342. The van der Waals surface area contributed by atoms with Crippen LogP contribution >= 0.6 is 0 Å². The van der Waals surface area contributed by atoms with E-state index in [1.165, 1.54) is 5.56 Å². The van der Waals surface area contributed by atoms with Crippen LogP contribution in [0, 0.1) is 18.3 Å². The SMILES string of the molecule is C=CCCO[C@H](CCC)Cn1ncc2nc(-c3ccc(C)cc3)c(-c3ccc(C#N)cc3)cc21.[HH]. The maximum Gasteiger partial charge on any atom is 0.109 e. The number of nitriles is 1. The van der Waals surface area contributed by atoms with E-state index in [2.05, 4.69) is 61.9 Å². The Morgan fingerprint density at radius 2 is 1.88 bits per heavy atom. The summed E-state index contributed by atoms with van der Waals surface area (Å²) in [5.41, 5.74) is 7.67. The van der Waals surface area contributed by atoms with E-state index in [0.29, 0.717) is 18.7 Å². The van der Waals surface area contributed by atoms with Crippen molar-refractivity contribution in [3.63, 3.8) is 0 Å². The van der Waals surface area contributed by atoms with E-state index >= 15 is 0 Å². The summed E-state index contributed by atoms with van der Waals surface area (Å²) in [5.74, 6) is 0. The van der Waals surface area contributed by atoms with Crippen LogP contribution in [0.5, 0.6) is 0 Å². The Morgan fingerprint density at radius 3 is 2.56 bits per heavy atom. The quantitative estimate of drug-likeness (QED) is 0.193. The van der Waals surface area contributed by atoms with E-state index in [4.69, 9.17) is 9.72 Å². The monoisotopic (exact) mass is 452 g/mol. The number of ether oxygens (including phenoxy) is 1. The highest BCUT2D eigenvalue weighted by atomic mass is 16.5. The van der Waals surface area contributed by atoms with Crippen molar-refractivity contribution in [3.05, 3.63) is 84.6 Å². The molecule has 0 saturated carbocycles. The van der Waals surface area contributed by atoms with E-state index < -0.39 is 0 Å². The lowest BCUT2D eigenvalue weighted by molar-refractivity contribution is 0.0367. The minimum atomic E-state index is 0. The summed E-state index contributed by atoms with van der Waals surface area (Å²) in [5, 5.41) is 13.9. The number of hydrogen-bond donors (Lipinski definition) is 0. The molecule has 5 heteroatoms. The van der Waals surface area contributed by atoms with Crippen LogP contribution in [-0.2, 0) is 11.3 Å². The second-order valence-electron chi connectivity index (χ2n) is 8.53. The Kier molecular flexibility index (Phi) is 7.51. The van der Waals surface area contributed by atoms with Gasteiger partial charge in [-0.05, 0) is 43.5 Å². The molecule has 4 aromatic rings. The average molecular weight is 453 g/mol. The topological polar surface area (TPSA) is 63.7 Å². The van der Waals surface area contributed by atoms with Crippen molar-refractivity contribution in [1.82, 2.24) is 14.8 Å². The first-order valence-corrected chi connectivity index (χ1v) is 11.8. The second-order valence-corrected chi connectivity index (χ2v) is 8.53. The Labute approximate surface area is 202 Å². The fraction of sp³-hybridized carbons (Fsp3) is 0.276. The molecule has 0 spiro atoms. The van der Waals surface area contributed by atoms with Gasteiger partial charge >= 0.3 is 0 Å². The average Bonchev–Trinajstić information content (AvgIpc) is 3.25. The molecule has 34 heavy (non-hydrogen) atoms. The number of aryl methyl sites for hydroxylation is 1. The molecular formula is C29H32N4O. The van der Waals surface area contributed by atoms with Crippen molar-refractivity contribution in [2.45, 2.75) is 45.8 Å². The highest BCUT2D eigenvalue weighted by Crippen LogP contribution is 2.34. The Bertz CT molecular complexity index is 1300. The van der Waals surface area contributed by atoms with Crippen LogP contribution in [-0.4, -0.2) is 27.5 Å². The second kappa shape index (κ2) is 10.9. The van der Waals surface area contributed by atoms with Crippen LogP contribution in [0.3, 0.4) is 0 Å². The summed E-state index contributed by atoms with van der Waals surface area (Å²) in [6.07, 6.45) is 6.66. The maximum atomic E-state index is 9.22. The molecule has 4 rings (SSSR count). The van der Waals surface area contributed by atoms with Crippen molar-refractivity contribution >= 4 is 11.0 Å². The van der Waals surface area contributed by atoms with Gasteiger partial charge < -0.3 is 4.74 Å². The standard InChI is InChI=1S/C29H30N4O.H2/c1-4-6-16-34-25(7-5-2)20-33-28-17-26(23-14-10-22(18-30)11-15-23)29(32-27(28)19-31-33)24-12-8-21(3)9-13-24;/h4,8-15,17,19,25H,1,5-7,16,20H2,2-3H3;1H/t25-;/m1./s1. The van der Waals surface area contributed by atoms with Crippen molar-refractivity contribution in [2.75, 3.05) is 6.61 Å². The predicted octanol–water partition coefficient (Wildman–Crippen LogP) is 6.95. The minimum Gasteiger partial charge on any atom is -0.376 e. The summed E-state index contributed by atoms with van der Waals surface area (Å²) < 4.78 is 8.11. The highest BCUT2D eigenvalue weighted by molar-refractivity contribution is 5.90. The van der Waals surface area contributed by atoms with Gasteiger partial charge in [-0.15, -0.1) is 6.58 Å². The lowest BCUT2D eigenvalue weighted by Gasteiger charge is -2.18. The molecule has 0 aliphatic heterocycles. The van der Waals surface area contributed by atoms with Crippen molar-refractivity contribution in [2.24, 2.45) is 0 Å². The first-order valence-electron chi connectivity index (χ1n) is 11.8. The Morgan fingerprint density at radius 1 is 1.15 bits per heavy atom. The molecule has 174 valence electrons. The normalized spacial score (nSPS) is 11.9. The van der Waals surface area contributed by atoms with Crippen molar-refractivity contribution in [3.8, 4) is 28.5 Å². The molecule has 2 aromatic carbocycles. The van der Waals surface area contributed by atoms with Crippen LogP contribution in [0.1, 0.15) is 38.7 Å². The fourth-order valence-electron chi connectivity index (χ4n) is 4.09. The highest BCUT2D eigenvalue weighted by Gasteiger charge is 2.17. The zero-order valence-electron chi connectivity index (χ0n) is 19.9. The van der Waals surface area contributed by atoms with E-state index in [1.54, 1.807) is 0 Å². The number of pyridine rings is 1. The number of aromatic nitrogens is 3. The largest absolute Gasteiger partial charge is 0.376 e. The summed E-state index contributed by atoms with van der Waals surface area (Å²) in [4.78, 5) is 5.04. The van der Waals surface area contributed by atoms with E-state index in [9.17, 15) is 5.26 Å². The molecule has 0 amide bonds. The summed E-state index contributed by atoms with van der Waals surface area (Å²) in [6, 6.07) is 20.4. The van der Waals surface area contributed by atoms with Crippen molar-refractivity contribution < 1.29 is 6.16 Å². The number of benzene rings is 2. The van der Waals surface area contributed by atoms with Gasteiger partial charge in [-0.2, -0.15) is 10.4 Å². The zero-order chi connectivity index (χ0) is 23.9. The molecular weight excluding hydrogens is 420 g/mol. The molecule has 0 unspecified atom stereocenters. The van der Waals surface area contributed by atoms with Gasteiger partial charge in [0.15, 0.2) is 0 Å². The third-order valence-corrected chi connectivity index (χ3v) is 5.94. The molecule has 0 bridgehead atoms. The van der Waals surface area contributed by atoms with Crippen LogP contribution in [0.2, 0.25) is 0 Å². The van der Waals surface area contributed by atoms with Gasteiger partial charge in [-0.25, -0.2) is 4.98 Å². The third kappa shape index (κ3) is 5.24. The van der Waals surface area contributed by atoms with Crippen LogP contribution in [0.4, 0.5) is 0 Å². The van der Waals surface area contributed by atoms with Gasteiger partial charge in [-0.3, -0.25) is 4.68 Å². The van der Waals surface area contributed by atoms with Crippen LogP contribution in [0.25, 0.3) is 33.4 Å². The number of nitrogens with zero attached hydrogens (tertiary/aromatic N) is 4. The fourth-order valence-corrected chi connectivity index (χ4v) is 4.09. The predicted molar refractivity (Wildman–Crippen MR) is 139 cm³/mol. The van der Waals surface area contributed by atoms with Gasteiger partial charge in [-0.1, -0.05) is 61.4 Å². The lowest BCUT2D eigenvalue weighted by Crippen LogP contribution is -2.21. The molecule has 0 radical (unpaired) electrons. The van der Waals surface area contributed by atoms with Gasteiger partial charge in [0.05, 0.1) is 48.3 Å². The minimum absolute atomic E-state index is 0. The van der Waals surface area contributed by atoms with Gasteiger partial charge in [0.1, 0.15) is 5.52 Å². The van der Waals surface area contributed by atoms with E-state index in [1.807, 2.05) is 41.2 Å². The molecule has 2 aromatic heterocycles. The molecule has 0 fully saturated rings. The van der Waals surface area contributed by atoms with Crippen LogP contribution < -0.4 is 0 Å². The maximum absolute atomic E-state index is 9.22. The molecule has 1 atom stereocenters. The van der Waals surface area contributed by atoms with E-state index in [0.717, 1.165) is 52.7 Å².